The first-order valence-corrected chi connectivity index (χ1v) is 8.30. The molecule has 0 aliphatic heterocycles. The van der Waals surface area contributed by atoms with E-state index >= 15 is 0 Å². The van der Waals surface area contributed by atoms with Crippen LogP contribution in [0.5, 0.6) is 11.5 Å². The van der Waals surface area contributed by atoms with Crippen LogP contribution in [-0.2, 0) is 4.79 Å². The van der Waals surface area contributed by atoms with E-state index in [4.69, 9.17) is 4.74 Å². The van der Waals surface area contributed by atoms with Crippen LogP contribution in [0.3, 0.4) is 0 Å². The average Bonchev–Trinajstić information content (AvgIpc) is 3.10. The summed E-state index contributed by atoms with van der Waals surface area (Å²) in [4.78, 5) is 15.8. The van der Waals surface area contributed by atoms with E-state index in [1.807, 2.05) is 43.3 Å². The first-order chi connectivity index (χ1) is 11.7. The number of benzene rings is 2. The van der Waals surface area contributed by atoms with Crippen LogP contribution < -0.4 is 10.1 Å². The molecule has 0 saturated heterocycles. The van der Waals surface area contributed by atoms with E-state index in [1.54, 1.807) is 12.1 Å². The lowest BCUT2D eigenvalue weighted by Crippen LogP contribution is -2.14. The fourth-order valence-electron chi connectivity index (χ4n) is 1.94. The number of ether oxygens (including phenoxy) is 1. The van der Waals surface area contributed by atoms with Gasteiger partial charge in [0.2, 0.25) is 5.91 Å². The van der Waals surface area contributed by atoms with Crippen LogP contribution in [0.2, 0.25) is 0 Å². The number of amides is 1. The van der Waals surface area contributed by atoms with Gasteiger partial charge in [0.1, 0.15) is 17.8 Å². The van der Waals surface area contributed by atoms with Crippen molar-refractivity contribution in [2.24, 2.45) is 0 Å². The van der Waals surface area contributed by atoms with Gasteiger partial charge < -0.3 is 10.1 Å². The highest BCUT2D eigenvalue weighted by Crippen LogP contribution is 2.23. The largest absolute Gasteiger partial charge is 0.457 e. The quantitative estimate of drug-likeness (QED) is 0.670. The van der Waals surface area contributed by atoms with Crippen molar-refractivity contribution in [3.8, 4) is 11.5 Å². The van der Waals surface area contributed by atoms with Crippen LogP contribution in [0.25, 0.3) is 0 Å². The first-order valence-electron chi connectivity index (χ1n) is 7.32. The molecule has 0 atom stereocenters. The topological polar surface area (TPSA) is 79.9 Å². The van der Waals surface area contributed by atoms with Gasteiger partial charge in [0, 0.05) is 5.69 Å². The van der Waals surface area contributed by atoms with Crippen molar-refractivity contribution in [2.75, 3.05) is 11.1 Å². The maximum atomic E-state index is 11.9. The molecule has 0 aliphatic rings. The van der Waals surface area contributed by atoms with Crippen molar-refractivity contribution in [3.05, 3.63) is 60.4 Å². The molecule has 1 amide bonds. The van der Waals surface area contributed by atoms with Gasteiger partial charge in [-0.25, -0.2) is 4.98 Å². The molecule has 3 aromatic rings. The maximum absolute atomic E-state index is 11.9. The van der Waals surface area contributed by atoms with Gasteiger partial charge >= 0.3 is 0 Å². The summed E-state index contributed by atoms with van der Waals surface area (Å²) in [5.74, 6) is 1.65. The van der Waals surface area contributed by atoms with Crippen LogP contribution in [0.4, 0.5) is 5.69 Å². The minimum absolute atomic E-state index is 0.108. The summed E-state index contributed by atoms with van der Waals surface area (Å²) in [5, 5.41) is 9.87. The van der Waals surface area contributed by atoms with Crippen molar-refractivity contribution in [3.63, 3.8) is 0 Å². The Morgan fingerprint density at radius 3 is 2.42 bits per heavy atom. The van der Waals surface area contributed by atoms with Gasteiger partial charge in [-0.1, -0.05) is 29.5 Å². The Labute approximate surface area is 143 Å². The van der Waals surface area contributed by atoms with E-state index in [0.717, 1.165) is 11.4 Å². The van der Waals surface area contributed by atoms with Crippen molar-refractivity contribution < 1.29 is 9.53 Å². The number of hydrogen-bond acceptors (Lipinski definition) is 5. The van der Waals surface area contributed by atoms with Gasteiger partial charge in [-0.3, -0.25) is 9.89 Å². The van der Waals surface area contributed by atoms with Crippen molar-refractivity contribution >= 4 is 23.4 Å². The molecule has 3 rings (SSSR count). The normalized spacial score (nSPS) is 10.4. The second-order valence-electron chi connectivity index (χ2n) is 5.07. The monoisotopic (exact) mass is 340 g/mol. The van der Waals surface area contributed by atoms with Gasteiger partial charge in [-0.2, -0.15) is 5.10 Å². The SMILES string of the molecule is Cc1ccc(Oc2ccc(NC(=O)CSc3ncn[nH]3)cc2)cc1. The molecule has 7 heteroatoms. The molecule has 0 spiro atoms. The molecule has 0 aliphatic carbocycles. The Balaban J connectivity index is 1.52. The third-order valence-corrected chi connectivity index (χ3v) is 4.00. The summed E-state index contributed by atoms with van der Waals surface area (Å²) in [5.41, 5.74) is 1.90. The Morgan fingerprint density at radius 1 is 1.12 bits per heavy atom. The van der Waals surface area contributed by atoms with Crippen LogP contribution >= 0.6 is 11.8 Å². The molecule has 0 radical (unpaired) electrons. The fourth-order valence-corrected chi connectivity index (χ4v) is 2.52. The van der Waals surface area contributed by atoms with Gasteiger partial charge in [-0.15, -0.1) is 0 Å². The van der Waals surface area contributed by atoms with E-state index in [9.17, 15) is 4.79 Å². The summed E-state index contributed by atoms with van der Waals surface area (Å²) in [6, 6.07) is 15.1. The first kappa shape index (κ1) is 16.1. The van der Waals surface area contributed by atoms with Gasteiger partial charge in [0.15, 0.2) is 5.16 Å². The highest BCUT2D eigenvalue weighted by Gasteiger charge is 2.05. The molecular formula is C17H16N4O2S. The molecule has 24 heavy (non-hydrogen) atoms. The molecule has 0 unspecified atom stereocenters. The van der Waals surface area contributed by atoms with Gasteiger partial charge in [0.25, 0.3) is 0 Å². The summed E-state index contributed by atoms with van der Waals surface area (Å²) >= 11 is 1.29. The number of nitrogens with one attached hydrogen (secondary N) is 2. The van der Waals surface area contributed by atoms with E-state index in [-0.39, 0.29) is 11.7 Å². The van der Waals surface area contributed by atoms with Crippen molar-refractivity contribution in [1.29, 1.82) is 0 Å². The van der Waals surface area contributed by atoms with Gasteiger partial charge in [-0.05, 0) is 43.3 Å². The third-order valence-electron chi connectivity index (χ3n) is 3.13. The lowest BCUT2D eigenvalue weighted by molar-refractivity contribution is -0.113. The number of aromatic nitrogens is 3. The smallest absolute Gasteiger partial charge is 0.234 e. The Morgan fingerprint density at radius 2 is 1.79 bits per heavy atom. The minimum atomic E-state index is -0.108. The highest BCUT2D eigenvalue weighted by molar-refractivity contribution is 7.99. The van der Waals surface area contributed by atoms with Crippen LogP contribution in [0, 0.1) is 6.92 Å². The Bertz CT molecular complexity index is 786. The summed E-state index contributed by atoms with van der Waals surface area (Å²) < 4.78 is 5.75. The second-order valence-corrected chi connectivity index (χ2v) is 6.03. The molecule has 122 valence electrons. The Kier molecular flexibility index (Phi) is 5.12. The molecule has 0 fully saturated rings. The van der Waals surface area contributed by atoms with Gasteiger partial charge in [0.05, 0.1) is 5.75 Å². The van der Waals surface area contributed by atoms with Crippen LogP contribution in [-0.4, -0.2) is 26.8 Å². The molecule has 6 nitrogen and oxygen atoms in total. The fraction of sp³-hybridized carbons (Fsp3) is 0.118. The summed E-state index contributed by atoms with van der Waals surface area (Å²) in [6.07, 6.45) is 1.41. The average molecular weight is 340 g/mol. The third kappa shape index (κ3) is 4.60. The molecular weight excluding hydrogens is 324 g/mol. The van der Waals surface area contributed by atoms with Crippen LogP contribution in [0.1, 0.15) is 5.56 Å². The molecule has 0 saturated carbocycles. The van der Waals surface area contributed by atoms with E-state index in [2.05, 4.69) is 20.5 Å². The lowest BCUT2D eigenvalue weighted by atomic mass is 10.2. The minimum Gasteiger partial charge on any atom is -0.457 e. The van der Waals surface area contributed by atoms with Crippen molar-refractivity contribution in [2.45, 2.75) is 12.1 Å². The highest BCUT2D eigenvalue weighted by atomic mass is 32.2. The lowest BCUT2D eigenvalue weighted by Gasteiger charge is -2.08. The van der Waals surface area contributed by atoms with Crippen LogP contribution in [0.15, 0.2) is 60.0 Å². The number of hydrogen-bond donors (Lipinski definition) is 2. The summed E-state index contributed by atoms with van der Waals surface area (Å²) in [7, 11) is 0. The molecule has 2 N–H and O–H groups in total. The number of thioether (sulfide) groups is 1. The predicted molar refractivity (Wildman–Crippen MR) is 93.4 cm³/mol. The number of carbonyl (C=O) groups is 1. The zero-order valence-electron chi connectivity index (χ0n) is 13.0. The molecule has 1 aromatic heterocycles. The molecule has 0 bridgehead atoms. The summed E-state index contributed by atoms with van der Waals surface area (Å²) in [6.45, 7) is 2.03. The zero-order chi connectivity index (χ0) is 16.8. The van der Waals surface area contributed by atoms with Crippen molar-refractivity contribution in [1.82, 2.24) is 15.2 Å². The van der Waals surface area contributed by atoms with E-state index in [1.165, 1.54) is 23.7 Å². The number of aromatic amines is 1. The van der Waals surface area contributed by atoms with E-state index in [0.29, 0.717) is 10.9 Å². The Hall–Kier alpha value is -2.80. The standard InChI is InChI=1S/C17H16N4O2S/c1-12-2-6-14(7-3-12)23-15-8-4-13(5-9-15)20-16(22)10-24-17-18-11-19-21-17/h2-9,11H,10H2,1H3,(H,20,22)(H,18,19,21). The number of nitrogens with zero attached hydrogens (tertiary/aromatic N) is 2. The molecule has 1 heterocycles. The maximum Gasteiger partial charge on any atom is 0.234 e. The predicted octanol–water partition coefficient (Wildman–Crippen LogP) is 3.64. The van der Waals surface area contributed by atoms with E-state index < -0.39 is 0 Å². The number of aryl methyl sites for hydroxylation is 1. The number of carbonyl (C=O) groups excluding carboxylic acids is 1. The molecule has 2 aromatic carbocycles. The second kappa shape index (κ2) is 7.65. The zero-order valence-corrected chi connectivity index (χ0v) is 13.8. The number of rotatable bonds is 6. The number of anilines is 1. The number of H-pyrrole nitrogens is 1.